The minimum atomic E-state index is 0.417. The molecule has 0 aliphatic heterocycles. The van der Waals surface area contributed by atoms with Gasteiger partial charge in [-0.25, -0.2) is 4.68 Å². The van der Waals surface area contributed by atoms with Gasteiger partial charge in [0.2, 0.25) is 0 Å². The van der Waals surface area contributed by atoms with Crippen molar-refractivity contribution in [2.24, 2.45) is 0 Å². The molecule has 2 rings (SSSR count). The van der Waals surface area contributed by atoms with Crippen LogP contribution in [0.25, 0.3) is 5.69 Å². The average molecular weight is 293 g/mol. The molecule has 0 amide bonds. The van der Waals surface area contributed by atoms with Crippen LogP contribution in [0.5, 0.6) is 0 Å². The van der Waals surface area contributed by atoms with E-state index in [2.05, 4.69) is 46.3 Å². The Morgan fingerprint density at radius 1 is 1.29 bits per heavy atom. The van der Waals surface area contributed by atoms with E-state index < -0.39 is 0 Å². The van der Waals surface area contributed by atoms with Gasteiger partial charge in [-0.3, -0.25) is 0 Å². The van der Waals surface area contributed by atoms with E-state index in [1.165, 1.54) is 18.4 Å². The second-order valence-corrected chi connectivity index (χ2v) is 5.27. The molecule has 0 saturated heterocycles. The van der Waals surface area contributed by atoms with Crippen molar-refractivity contribution < 1.29 is 0 Å². The van der Waals surface area contributed by atoms with Gasteiger partial charge in [0.05, 0.1) is 11.9 Å². The van der Waals surface area contributed by atoms with Crippen LogP contribution in [0.1, 0.15) is 36.6 Å². The van der Waals surface area contributed by atoms with Crippen molar-refractivity contribution in [2.45, 2.75) is 31.0 Å². The second-order valence-electron chi connectivity index (χ2n) is 4.16. The van der Waals surface area contributed by atoms with Crippen molar-refractivity contribution >= 4 is 15.9 Å². The topological polar surface area (TPSA) is 17.8 Å². The Bertz CT molecular complexity index is 450. The second kappa shape index (κ2) is 6.01. The first-order valence-corrected chi connectivity index (χ1v) is 6.97. The smallest absolute Gasteiger partial charge is 0.0645 e. The minimum Gasteiger partial charge on any atom is -0.241 e. The SMILES string of the molecule is CCCCC(Br)c1cnn(-c2ccccc2)c1. The lowest BCUT2D eigenvalue weighted by molar-refractivity contribution is 0.713. The van der Waals surface area contributed by atoms with Crippen molar-refractivity contribution in [1.29, 1.82) is 0 Å². The Morgan fingerprint density at radius 2 is 2.06 bits per heavy atom. The summed E-state index contributed by atoms with van der Waals surface area (Å²) in [5.41, 5.74) is 2.36. The Kier molecular flexibility index (Phi) is 4.37. The van der Waals surface area contributed by atoms with Gasteiger partial charge in [0.15, 0.2) is 0 Å². The van der Waals surface area contributed by atoms with Crippen LogP contribution >= 0.6 is 15.9 Å². The zero-order chi connectivity index (χ0) is 12.1. The molecule has 0 bridgehead atoms. The molecule has 1 aromatic carbocycles. The summed E-state index contributed by atoms with van der Waals surface area (Å²) in [6.45, 7) is 2.22. The van der Waals surface area contributed by atoms with Crippen LogP contribution in [-0.4, -0.2) is 9.78 Å². The van der Waals surface area contributed by atoms with Crippen molar-refractivity contribution in [3.05, 3.63) is 48.3 Å². The van der Waals surface area contributed by atoms with Crippen molar-refractivity contribution in [1.82, 2.24) is 9.78 Å². The average Bonchev–Trinajstić information content (AvgIpc) is 2.86. The standard InChI is InChI=1S/C14H17BrN2/c1-2-3-9-14(15)12-10-16-17(11-12)13-7-5-4-6-8-13/h4-8,10-11,14H,2-3,9H2,1H3. The number of benzene rings is 1. The third-order valence-corrected chi connectivity index (χ3v) is 3.78. The molecule has 1 unspecified atom stereocenters. The fourth-order valence-corrected chi connectivity index (χ4v) is 2.33. The van der Waals surface area contributed by atoms with Crippen LogP contribution in [0.2, 0.25) is 0 Å². The number of unbranched alkanes of at least 4 members (excludes halogenated alkanes) is 1. The number of hydrogen-bond acceptors (Lipinski definition) is 1. The molecule has 2 nitrogen and oxygen atoms in total. The molecule has 0 N–H and O–H groups in total. The predicted molar refractivity (Wildman–Crippen MR) is 74.8 cm³/mol. The van der Waals surface area contributed by atoms with Crippen molar-refractivity contribution in [3.8, 4) is 5.69 Å². The van der Waals surface area contributed by atoms with E-state index in [0.29, 0.717) is 4.83 Å². The predicted octanol–water partition coefficient (Wildman–Crippen LogP) is 4.50. The number of aromatic nitrogens is 2. The van der Waals surface area contributed by atoms with Crippen LogP contribution in [-0.2, 0) is 0 Å². The van der Waals surface area contributed by atoms with E-state index in [9.17, 15) is 0 Å². The fourth-order valence-electron chi connectivity index (χ4n) is 1.77. The lowest BCUT2D eigenvalue weighted by atomic mass is 10.1. The third kappa shape index (κ3) is 3.19. The lowest BCUT2D eigenvalue weighted by Gasteiger charge is -2.05. The number of hydrogen-bond donors (Lipinski definition) is 0. The van der Waals surface area contributed by atoms with Crippen LogP contribution < -0.4 is 0 Å². The molecule has 3 heteroatoms. The van der Waals surface area contributed by atoms with Gasteiger partial charge in [-0.05, 0) is 18.6 Å². The summed E-state index contributed by atoms with van der Waals surface area (Å²) in [7, 11) is 0. The molecule has 1 atom stereocenters. The molecule has 0 aliphatic carbocycles. The summed E-state index contributed by atoms with van der Waals surface area (Å²) in [5, 5.41) is 4.40. The first kappa shape index (κ1) is 12.4. The highest BCUT2D eigenvalue weighted by atomic mass is 79.9. The van der Waals surface area contributed by atoms with Crippen LogP contribution in [0, 0.1) is 0 Å². The first-order valence-electron chi connectivity index (χ1n) is 6.05. The molecule has 90 valence electrons. The van der Waals surface area contributed by atoms with E-state index in [1.54, 1.807) is 0 Å². The van der Waals surface area contributed by atoms with Gasteiger partial charge in [-0.1, -0.05) is 53.9 Å². The Morgan fingerprint density at radius 3 is 2.76 bits per heavy atom. The van der Waals surface area contributed by atoms with Crippen molar-refractivity contribution in [3.63, 3.8) is 0 Å². The Hall–Kier alpha value is -1.09. The highest BCUT2D eigenvalue weighted by molar-refractivity contribution is 9.09. The van der Waals surface area contributed by atoms with Gasteiger partial charge in [-0.15, -0.1) is 0 Å². The summed E-state index contributed by atoms with van der Waals surface area (Å²) >= 11 is 3.72. The molecule has 2 aromatic rings. The first-order chi connectivity index (χ1) is 8.31. The Labute approximate surface area is 111 Å². The maximum atomic E-state index is 4.40. The zero-order valence-corrected chi connectivity index (χ0v) is 11.6. The summed E-state index contributed by atoms with van der Waals surface area (Å²) < 4.78 is 1.93. The van der Waals surface area contributed by atoms with E-state index in [4.69, 9.17) is 0 Å². The van der Waals surface area contributed by atoms with Gasteiger partial charge >= 0.3 is 0 Å². The monoisotopic (exact) mass is 292 g/mol. The molecule has 0 fully saturated rings. The highest BCUT2D eigenvalue weighted by Crippen LogP contribution is 2.28. The molecule has 0 saturated carbocycles. The maximum Gasteiger partial charge on any atom is 0.0645 e. The largest absolute Gasteiger partial charge is 0.241 e. The molecule has 0 radical (unpaired) electrons. The van der Waals surface area contributed by atoms with Gasteiger partial charge in [0.25, 0.3) is 0 Å². The van der Waals surface area contributed by atoms with Gasteiger partial charge < -0.3 is 0 Å². The molecule has 0 aliphatic rings. The van der Waals surface area contributed by atoms with Crippen molar-refractivity contribution in [2.75, 3.05) is 0 Å². The fraction of sp³-hybridized carbons (Fsp3) is 0.357. The normalized spacial score (nSPS) is 12.6. The molecule has 0 spiro atoms. The van der Waals surface area contributed by atoms with Crippen LogP contribution in [0.15, 0.2) is 42.7 Å². The zero-order valence-electron chi connectivity index (χ0n) is 10.0. The Balaban J connectivity index is 2.11. The molecule has 1 aromatic heterocycles. The quantitative estimate of drug-likeness (QED) is 0.742. The number of alkyl halides is 1. The maximum absolute atomic E-state index is 4.40. The van der Waals surface area contributed by atoms with Crippen LogP contribution in [0.3, 0.4) is 0 Å². The van der Waals surface area contributed by atoms with Gasteiger partial charge in [0, 0.05) is 16.6 Å². The molecular formula is C14H17BrN2. The number of halogens is 1. The molecule has 1 heterocycles. The third-order valence-electron chi connectivity index (χ3n) is 2.80. The summed E-state index contributed by atoms with van der Waals surface area (Å²) in [6.07, 6.45) is 7.69. The van der Waals surface area contributed by atoms with Gasteiger partial charge in [0.1, 0.15) is 0 Å². The van der Waals surface area contributed by atoms with E-state index >= 15 is 0 Å². The molecular weight excluding hydrogens is 276 g/mol. The van der Waals surface area contributed by atoms with Gasteiger partial charge in [-0.2, -0.15) is 5.10 Å². The number of nitrogens with zero attached hydrogens (tertiary/aromatic N) is 2. The highest BCUT2D eigenvalue weighted by Gasteiger charge is 2.09. The summed E-state index contributed by atoms with van der Waals surface area (Å²) in [4.78, 5) is 0.417. The van der Waals surface area contributed by atoms with E-state index in [1.807, 2.05) is 29.1 Å². The number of rotatable bonds is 5. The van der Waals surface area contributed by atoms with E-state index in [-0.39, 0.29) is 0 Å². The minimum absolute atomic E-state index is 0.417. The summed E-state index contributed by atoms with van der Waals surface area (Å²) in [5.74, 6) is 0. The van der Waals surface area contributed by atoms with E-state index in [0.717, 1.165) is 12.1 Å². The van der Waals surface area contributed by atoms with Crippen LogP contribution in [0.4, 0.5) is 0 Å². The summed E-state index contributed by atoms with van der Waals surface area (Å²) in [6, 6.07) is 10.2. The number of para-hydroxylation sites is 1. The molecule has 17 heavy (non-hydrogen) atoms. The lowest BCUT2D eigenvalue weighted by Crippen LogP contribution is -1.93.